The first-order valence-corrected chi connectivity index (χ1v) is 2.97. The number of nitriles is 1. The van der Waals surface area contributed by atoms with Crippen LogP contribution in [0.5, 0.6) is 0 Å². The van der Waals surface area contributed by atoms with Crippen LogP contribution in [-0.2, 0) is 19.5 Å². The van der Waals surface area contributed by atoms with Crippen molar-refractivity contribution in [2.24, 2.45) is 0 Å². The van der Waals surface area contributed by atoms with Crippen molar-refractivity contribution in [2.45, 2.75) is 4.90 Å². The molecule has 3 heteroatoms. The third kappa shape index (κ3) is 2.13. The van der Waals surface area contributed by atoms with E-state index in [1.54, 1.807) is 12.1 Å². The van der Waals surface area contributed by atoms with E-state index in [9.17, 15) is 0 Å². The Morgan fingerprint density at radius 1 is 1.30 bits per heavy atom. The number of rotatable bonds is 0. The summed E-state index contributed by atoms with van der Waals surface area (Å²) in [5.41, 5.74) is 0.626. The van der Waals surface area contributed by atoms with Crippen LogP contribution < -0.4 is 0 Å². The summed E-state index contributed by atoms with van der Waals surface area (Å²) in [6, 6.07) is 9.22. The van der Waals surface area contributed by atoms with Gasteiger partial charge in [-0.2, -0.15) is 5.26 Å². The number of nitrogens with zero attached hydrogens (tertiary/aromatic N) is 1. The normalized spacial score (nSPS) is 7.60. The van der Waals surface area contributed by atoms with Gasteiger partial charge in [-0.1, -0.05) is 12.1 Å². The first-order valence-electron chi connectivity index (χ1n) is 2.52. The summed E-state index contributed by atoms with van der Waals surface area (Å²) in [4.78, 5) is 0.736. The van der Waals surface area contributed by atoms with Crippen molar-refractivity contribution < 1.29 is 19.5 Å². The van der Waals surface area contributed by atoms with Crippen LogP contribution in [0.2, 0.25) is 0 Å². The summed E-state index contributed by atoms with van der Waals surface area (Å²) in [6.07, 6.45) is 0. The van der Waals surface area contributed by atoms with Gasteiger partial charge in [0, 0.05) is 24.4 Å². The Bertz CT molecular complexity index is 254. The minimum atomic E-state index is 0. The van der Waals surface area contributed by atoms with Crippen LogP contribution in [0.4, 0.5) is 0 Å². The molecule has 1 aromatic carbocycles. The van der Waals surface area contributed by atoms with Crippen LogP contribution in [0.1, 0.15) is 5.56 Å². The Balaban J connectivity index is 0.000000810. The molecule has 0 N–H and O–H groups in total. The van der Waals surface area contributed by atoms with Crippen molar-refractivity contribution in [3.05, 3.63) is 29.8 Å². The maximum absolute atomic E-state index is 8.42. The van der Waals surface area contributed by atoms with E-state index in [1.165, 1.54) is 0 Å². The van der Waals surface area contributed by atoms with Gasteiger partial charge in [-0.05, 0) is 12.1 Å². The van der Waals surface area contributed by atoms with Crippen LogP contribution in [0.25, 0.3) is 0 Å². The summed E-state index contributed by atoms with van der Waals surface area (Å²) < 4.78 is 0. The second-order valence-electron chi connectivity index (χ2n) is 1.63. The summed E-state index contributed by atoms with van der Waals surface area (Å²) in [7, 11) is 0. The van der Waals surface area contributed by atoms with E-state index in [1.807, 2.05) is 18.2 Å². The Morgan fingerprint density at radius 3 is 2.30 bits per heavy atom. The molecule has 0 unspecified atom stereocenters. The molecule has 0 bridgehead atoms. The predicted octanol–water partition coefficient (Wildman–Crippen LogP) is 1.84. The largest absolute Gasteiger partial charge is 0.192 e. The number of hydrogen-bond acceptors (Lipinski definition) is 2. The van der Waals surface area contributed by atoms with Crippen molar-refractivity contribution in [3.63, 3.8) is 0 Å². The smallest absolute Gasteiger partial charge is 0.100 e. The summed E-state index contributed by atoms with van der Waals surface area (Å²) in [5.74, 6) is 0. The van der Waals surface area contributed by atoms with Gasteiger partial charge >= 0.3 is 0 Å². The minimum Gasteiger partial charge on any atom is -0.192 e. The van der Waals surface area contributed by atoms with E-state index in [4.69, 9.17) is 5.26 Å². The second kappa shape index (κ2) is 4.49. The fraction of sp³-hybridized carbons (Fsp3) is 0. The topological polar surface area (TPSA) is 23.8 Å². The molecule has 0 aliphatic carbocycles. The molecule has 0 heterocycles. The molecule has 10 heavy (non-hydrogen) atoms. The predicted molar refractivity (Wildman–Crippen MR) is 38.4 cm³/mol. The molecule has 0 aliphatic rings. The van der Waals surface area contributed by atoms with Gasteiger partial charge in [-0.15, -0.1) is 12.6 Å². The van der Waals surface area contributed by atoms with Crippen LogP contribution in [0.15, 0.2) is 29.2 Å². The number of benzene rings is 1. The fourth-order valence-corrected chi connectivity index (χ4v) is 0.779. The quantitative estimate of drug-likeness (QED) is 0.502. The van der Waals surface area contributed by atoms with E-state index >= 15 is 0 Å². The van der Waals surface area contributed by atoms with E-state index in [0.717, 1.165) is 4.90 Å². The van der Waals surface area contributed by atoms with Gasteiger partial charge in [0.05, 0.1) is 5.56 Å². The maximum Gasteiger partial charge on any atom is 0.100 e. The van der Waals surface area contributed by atoms with Crippen LogP contribution in [0, 0.1) is 11.3 Å². The molecule has 0 fully saturated rings. The molecular weight excluding hydrogens is 196 g/mol. The maximum atomic E-state index is 8.42. The minimum absolute atomic E-state index is 0. The first-order chi connectivity index (χ1) is 4.34. The number of thiol groups is 1. The average Bonchev–Trinajstić information content (AvgIpc) is 1.89. The first kappa shape index (κ1) is 9.68. The zero-order chi connectivity index (χ0) is 6.69. The summed E-state index contributed by atoms with van der Waals surface area (Å²) in [5, 5.41) is 8.42. The van der Waals surface area contributed by atoms with E-state index in [2.05, 4.69) is 12.6 Å². The molecule has 0 aromatic heterocycles. The van der Waals surface area contributed by atoms with E-state index in [0.29, 0.717) is 5.56 Å². The third-order valence-corrected chi connectivity index (χ3v) is 1.41. The molecule has 1 aromatic rings. The third-order valence-electron chi connectivity index (χ3n) is 1.02. The van der Waals surface area contributed by atoms with Gasteiger partial charge in [0.2, 0.25) is 0 Å². The Labute approximate surface area is 78.2 Å². The molecule has 0 atom stereocenters. The van der Waals surface area contributed by atoms with Gasteiger partial charge in [0.1, 0.15) is 6.07 Å². The molecule has 0 saturated carbocycles. The van der Waals surface area contributed by atoms with Crippen molar-refractivity contribution in [1.82, 2.24) is 0 Å². The van der Waals surface area contributed by atoms with Gasteiger partial charge < -0.3 is 0 Å². The Hall–Kier alpha value is -0.317. The van der Waals surface area contributed by atoms with Gasteiger partial charge in [0.15, 0.2) is 0 Å². The van der Waals surface area contributed by atoms with Crippen LogP contribution in [0.3, 0.4) is 0 Å². The molecular formula is C7H5NSZn. The molecule has 0 aliphatic heterocycles. The van der Waals surface area contributed by atoms with Gasteiger partial charge in [0.25, 0.3) is 0 Å². The molecule has 0 radical (unpaired) electrons. The van der Waals surface area contributed by atoms with Crippen molar-refractivity contribution >= 4 is 12.6 Å². The zero-order valence-electron chi connectivity index (χ0n) is 5.41. The molecule has 1 rings (SSSR count). The van der Waals surface area contributed by atoms with Crippen molar-refractivity contribution in [2.75, 3.05) is 0 Å². The summed E-state index contributed by atoms with van der Waals surface area (Å²) in [6.45, 7) is 0. The Morgan fingerprint density at radius 2 is 1.90 bits per heavy atom. The van der Waals surface area contributed by atoms with Gasteiger partial charge in [-0.25, -0.2) is 0 Å². The summed E-state index contributed by atoms with van der Waals surface area (Å²) >= 11 is 4.06. The SMILES string of the molecule is N#Cc1ccccc1S.[Zn]. The molecule has 0 amide bonds. The van der Waals surface area contributed by atoms with E-state index in [-0.39, 0.29) is 19.5 Å². The van der Waals surface area contributed by atoms with Gasteiger partial charge in [-0.3, -0.25) is 0 Å². The number of hydrogen-bond donors (Lipinski definition) is 1. The fourth-order valence-electron chi connectivity index (χ4n) is 0.568. The van der Waals surface area contributed by atoms with Crippen molar-refractivity contribution in [1.29, 1.82) is 5.26 Å². The monoisotopic (exact) mass is 199 g/mol. The second-order valence-corrected chi connectivity index (χ2v) is 2.11. The average molecular weight is 201 g/mol. The van der Waals surface area contributed by atoms with E-state index < -0.39 is 0 Å². The van der Waals surface area contributed by atoms with Crippen LogP contribution in [-0.4, -0.2) is 0 Å². The standard InChI is InChI=1S/C7H5NS.Zn/c8-5-6-3-1-2-4-7(6)9;/h1-4,9H;. The van der Waals surface area contributed by atoms with Crippen LogP contribution >= 0.6 is 12.6 Å². The molecule has 1 nitrogen and oxygen atoms in total. The van der Waals surface area contributed by atoms with Crippen molar-refractivity contribution in [3.8, 4) is 6.07 Å². The molecule has 0 saturated heterocycles. The Kier molecular flexibility index (Phi) is 4.35. The molecule has 46 valence electrons. The zero-order valence-corrected chi connectivity index (χ0v) is 9.27. The molecule has 0 spiro atoms.